The van der Waals surface area contributed by atoms with E-state index in [1.807, 2.05) is 4.98 Å². The monoisotopic (exact) mass is 344 g/mol. The van der Waals surface area contributed by atoms with Crippen LogP contribution in [0.3, 0.4) is 0 Å². The van der Waals surface area contributed by atoms with Gasteiger partial charge in [0.1, 0.15) is 12.2 Å². The number of aromatic amines is 1. The Morgan fingerprint density at radius 3 is 2.38 bits per heavy atom. The first-order chi connectivity index (χ1) is 10.8. The molecule has 132 valence electrons. The average Bonchev–Trinajstić information content (AvgIpc) is 2.71. The number of fused-ring (bicyclic) bond motifs is 4. The van der Waals surface area contributed by atoms with Crippen molar-refractivity contribution in [1.29, 1.82) is 0 Å². The summed E-state index contributed by atoms with van der Waals surface area (Å²) in [6, 6.07) is 1.05. The lowest BCUT2D eigenvalue weighted by Crippen LogP contribution is -2.42. The molecule has 11 heteroatoms. The molecule has 0 aromatic carbocycles. The van der Waals surface area contributed by atoms with E-state index in [1.54, 1.807) is 0 Å². The van der Waals surface area contributed by atoms with Gasteiger partial charge in [0.2, 0.25) is 0 Å². The van der Waals surface area contributed by atoms with E-state index in [4.69, 9.17) is 14.2 Å². The van der Waals surface area contributed by atoms with Crippen LogP contribution in [0.1, 0.15) is 31.9 Å². The fourth-order valence-electron chi connectivity index (χ4n) is 2.95. The Bertz CT molecular complexity index is 782. The molecule has 1 aromatic rings. The number of nitrogens with zero attached hydrogens (tertiary/aromatic N) is 1. The van der Waals surface area contributed by atoms with E-state index in [9.17, 15) is 24.3 Å². The second-order valence-corrected chi connectivity index (χ2v) is 5.32. The number of nitrogens with one attached hydrogen (secondary N) is 1. The minimum absolute atomic E-state index is 0. The Hall–Kier alpha value is -2.50. The van der Waals surface area contributed by atoms with Crippen LogP contribution in [-0.4, -0.2) is 50.4 Å². The van der Waals surface area contributed by atoms with Crippen LogP contribution < -0.4 is 11.2 Å². The van der Waals surface area contributed by atoms with Crippen molar-refractivity contribution in [2.75, 3.05) is 0 Å². The van der Waals surface area contributed by atoms with Gasteiger partial charge in [-0.2, -0.15) is 0 Å². The fraction of sp³-hybridized carbons (Fsp3) is 0.538. The third kappa shape index (κ3) is 2.72. The van der Waals surface area contributed by atoms with E-state index in [0.29, 0.717) is 0 Å². The third-order valence-electron chi connectivity index (χ3n) is 3.70. The number of carbonyl (C=O) groups excluding carboxylic acids is 2. The van der Waals surface area contributed by atoms with Crippen molar-refractivity contribution in [3.05, 3.63) is 32.6 Å². The number of hydrogen-bond donors (Lipinski definition) is 2. The van der Waals surface area contributed by atoms with Gasteiger partial charge in [0.15, 0.2) is 18.4 Å². The molecule has 2 aliphatic rings. The summed E-state index contributed by atoms with van der Waals surface area (Å²) < 4.78 is 16.7. The van der Waals surface area contributed by atoms with Crippen molar-refractivity contribution >= 4 is 11.9 Å². The molecule has 4 N–H and O–H groups in total. The van der Waals surface area contributed by atoms with Gasteiger partial charge >= 0.3 is 17.6 Å². The van der Waals surface area contributed by atoms with Crippen molar-refractivity contribution in [1.82, 2.24) is 9.55 Å². The molecule has 11 nitrogen and oxygen atoms in total. The summed E-state index contributed by atoms with van der Waals surface area (Å²) in [6.45, 7) is 2.31. The zero-order chi connectivity index (χ0) is 16.9. The van der Waals surface area contributed by atoms with Crippen LogP contribution in [-0.2, 0) is 23.8 Å². The highest BCUT2D eigenvalue weighted by Crippen LogP contribution is 2.43. The highest BCUT2D eigenvalue weighted by Gasteiger charge is 2.57. The van der Waals surface area contributed by atoms with Crippen LogP contribution in [0.25, 0.3) is 0 Å². The van der Waals surface area contributed by atoms with E-state index in [-0.39, 0.29) is 11.2 Å². The predicted molar refractivity (Wildman–Crippen MR) is 74.9 cm³/mol. The standard InChI is InChI=1S/C13H14N2O8.H2O/c1-4(16)21-10-9-8(19)6-3-7(18)14-13(20)15(6)12(23-9)11(10)22-5(2)17;/h3,8-12,19H,1-2H3,(H,14,18,20);1H2/t8-,9-,10-,11-,12-;/m1./s1. The summed E-state index contributed by atoms with van der Waals surface area (Å²) in [5, 5.41) is 10.4. The molecule has 0 amide bonds. The summed E-state index contributed by atoms with van der Waals surface area (Å²) in [6.07, 6.45) is -5.80. The zero-order valence-electron chi connectivity index (χ0n) is 12.7. The van der Waals surface area contributed by atoms with Crippen molar-refractivity contribution in [2.45, 2.75) is 44.5 Å². The van der Waals surface area contributed by atoms with Crippen LogP contribution in [0.5, 0.6) is 0 Å². The van der Waals surface area contributed by atoms with Gasteiger partial charge in [0.05, 0.1) is 5.69 Å². The van der Waals surface area contributed by atoms with Gasteiger partial charge in [-0.3, -0.25) is 23.9 Å². The molecular weight excluding hydrogens is 328 g/mol. The average molecular weight is 344 g/mol. The highest BCUT2D eigenvalue weighted by molar-refractivity contribution is 5.67. The molecule has 1 fully saturated rings. The Kier molecular flexibility index (Phi) is 4.60. The molecule has 3 rings (SSSR count). The van der Waals surface area contributed by atoms with Gasteiger partial charge < -0.3 is 24.8 Å². The molecule has 2 bridgehead atoms. The topological polar surface area (TPSA) is 168 Å². The number of aliphatic hydroxyl groups excluding tert-OH is 1. The first kappa shape index (κ1) is 17.8. The molecule has 1 aromatic heterocycles. The molecule has 0 radical (unpaired) electrons. The minimum Gasteiger partial charge on any atom is -0.455 e. The maximum Gasteiger partial charge on any atom is 0.330 e. The van der Waals surface area contributed by atoms with Crippen LogP contribution in [0, 0.1) is 0 Å². The molecule has 24 heavy (non-hydrogen) atoms. The quantitative estimate of drug-likeness (QED) is 0.556. The van der Waals surface area contributed by atoms with Crippen LogP contribution in [0.15, 0.2) is 15.7 Å². The summed E-state index contributed by atoms with van der Waals surface area (Å²) in [4.78, 5) is 48.2. The highest BCUT2D eigenvalue weighted by atomic mass is 16.6. The van der Waals surface area contributed by atoms with E-state index >= 15 is 0 Å². The van der Waals surface area contributed by atoms with E-state index in [2.05, 4.69) is 0 Å². The number of hydrogen-bond acceptors (Lipinski definition) is 8. The summed E-state index contributed by atoms with van der Waals surface area (Å²) in [5.74, 6) is -1.33. The maximum atomic E-state index is 12.0. The van der Waals surface area contributed by atoms with E-state index in [1.165, 1.54) is 0 Å². The summed E-state index contributed by atoms with van der Waals surface area (Å²) >= 11 is 0. The number of esters is 2. The molecule has 0 spiro atoms. The Labute approximate surface area is 134 Å². The third-order valence-corrected chi connectivity index (χ3v) is 3.70. The van der Waals surface area contributed by atoms with Crippen molar-refractivity contribution in [3.63, 3.8) is 0 Å². The lowest BCUT2D eigenvalue weighted by atomic mass is 10.0. The summed E-state index contributed by atoms with van der Waals surface area (Å²) in [5.41, 5.74) is -1.50. The Morgan fingerprint density at radius 1 is 1.21 bits per heavy atom. The number of aliphatic hydroxyl groups is 1. The number of rotatable bonds is 2. The molecule has 0 saturated carbocycles. The lowest BCUT2D eigenvalue weighted by Gasteiger charge is -2.29. The van der Waals surface area contributed by atoms with Crippen LogP contribution in [0.4, 0.5) is 0 Å². The van der Waals surface area contributed by atoms with Gasteiger partial charge in [-0.15, -0.1) is 0 Å². The van der Waals surface area contributed by atoms with Gasteiger partial charge in [0.25, 0.3) is 5.56 Å². The van der Waals surface area contributed by atoms with Crippen LogP contribution >= 0.6 is 0 Å². The molecule has 3 heterocycles. The molecule has 0 aliphatic carbocycles. The number of aromatic nitrogens is 2. The first-order valence-corrected chi connectivity index (χ1v) is 6.83. The van der Waals surface area contributed by atoms with E-state index in [0.717, 1.165) is 24.5 Å². The molecule has 2 aliphatic heterocycles. The first-order valence-electron chi connectivity index (χ1n) is 6.83. The second-order valence-electron chi connectivity index (χ2n) is 5.32. The van der Waals surface area contributed by atoms with Crippen molar-refractivity contribution < 1.29 is 34.4 Å². The fourth-order valence-corrected chi connectivity index (χ4v) is 2.95. The minimum atomic E-state index is -1.40. The van der Waals surface area contributed by atoms with Crippen molar-refractivity contribution in [3.8, 4) is 0 Å². The molecule has 0 unspecified atom stereocenters. The SMILES string of the molecule is CC(=O)O[C@H]1[C@@H](OC(C)=O)[C@H]2O[C@@H]1[C@H](O)c1cc(=O)[nH]c(=O)n12.O. The maximum absolute atomic E-state index is 12.0. The van der Waals surface area contributed by atoms with Gasteiger partial charge in [0, 0.05) is 19.9 Å². The second kappa shape index (κ2) is 6.19. The lowest BCUT2D eigenvalue weighted by molar-refractivity contribution is -0.165. The predicted octanol–water partition coefficient (Wildman–Crippen LogP) is -2.48. The largest absolute Gasteiger partial charge is 0.455 e. The molecule has 5 atom stereocenters. The number of ether oxygens (including phenoxy) is 3. The number of H-pyrrole nitrogens is 1. The van der Waals surface area contributed by atoms with Gasteiger partial charge in [-0.25, -0.2) is 4.79 Å². The Morgan fingerprint density at radius 2 is 1.79 bits per heavy atom. The van der Waals surface area contributed by atoms with Crippen LogP contribution in [0.2, 0.25) is 0 Å². The summed E-state index contributed by atoms with van der Waals surface area (Å²) in [7, 11) is 0. The Balaban J connectivity index is 0.00000208. The zero-order valence-corrected chi connectivity index (χ0v) is 12.7. The molecule has 1 saturated heterocycles. The number of carbonyl (C=O) groups is 2. The smallest absolute Gasteiger partial charge is 0.330 e. The van der Waals surface area contributed by atoms with E-state index < -0.39 is 53.8 Å². The normalized spacial score (nSPS) is 30.0. The molecular formula is C13H16N2O9. The van der Waals surface area contributed by atoms with Gasteiger partial charge in [-0.1, -0.05) is 0 Å². The van der Waals surface area contributed by atoms with Gasteiger partial charge in [-0.05, 0) is 0 Å². The van der Waals surface area contributed by atoms with Crippen molar-refractivity contribution in [2.24, 2.45) is 0 Å².